The van der Waals surface area contributed by atoms with E-state index in [0.717, 1.165) is 38.8 Å². The molecule has 4 nitrogen and oxygen atoms in total. The molecule has 2 N–H and O–H groups in total. The number of piperidine rings is 1. The second kappa shape index (κ2) is 7.25. The van der Waals surface area contributed by atoms with Gasteiger partial charge in [0.2, 0.25) is 5.91 Å². The van der Waals surface area contributed by atoms with Gasteiger partial charge in [0.05, 0.1) is 0 Å². The van der Waals surface area contributed by atoms with Gasteiger partial charge in [0, 0.05) is 25.6 Å². The van der Waals surface area contributed by atoms with Crippen LogP contribution in [-0.4, -0.2) is 49.2 Å². The number of likely N-dealkylation sites (tertiary alicyclic amines) is 1. The van der Waals surface area contributed by atoms with Crippen LogP contribution in [0, 0.1) is 17.8 Å². The van der Waals surface area contributed by atoms with E-state index in [0.29, 0.717) is 11.8 Å². The van der Waals surface area contributed by atoms with Crippen molar-refractivity contribution in [2.75, 3.05) is 33.3 Å². The SMILES string of the molecule is CN1CCCC(CNC(=O)C2CCC(CO)CC2)C1. The lowest BCUT2D eigenvalue weighted by atomic mass is 9.82. The fraction of sp³-hybridized carbons (Fsp3) is 0.933. The van der Waals surface area contributed by atoms with Crippen LogP contribution in [0.2, 0.25) is 0 Å². The predicted molar refractivity (Wildman–Crippen MR) is 75.8 cm³/mol. The Hall–Kier alpha value is -0.610. The Morgan fingerprint density at radius 2 is 1.95 bits per heavy atom. The standard InChI is InChI=1S/C15H28N2O2/c1-17-8-2-3-13(10-17)9-16-15(19)14-6-4-12(11-18)5-7-14/h12-14,18H,2-11H2,1H3,(H,16,19). The van der Waals surface area contributed by atoms with Gasteiger partial charge in [-0.25, -0.2) is 0 Å². The van der Waals surface area contributed by atoms with Gasteiger partial charge in [0.1, 0.15) is 0 Å². The van der Waals surface area contributed by atoms with E-state index in [1.807, 2.05) is 0 Å². The highest BCUT2D eigenvalue weighted by atomic mass is 16.3. The lowest BCUT2D eigenvalue weighted by Gasteiger charge is -2.31. The van der Waals surface area contributed by atoms with Crippen molar-refractivity contribution in [1.29, 1.82) is 0 Å². The molecule has 0 radical (unpaired) electrons. The highest BCUT2D eigenvalue weighted by molar-refractivity contribution is 5.78. The number of carbonyl (C=O) groups excluding carboxylic acids is 1. The fourth-order valence-corrected chi connectivity index (χ4v) is 3.44. The fourth-order valence-electron chi connectivity index (χ4n) is 3.44. The molecule has 0 spiro atoms. The van der Waals surface area contributed by atoms with Crippen molar-refractivity contribution in [3.63, 3.8) is 0 Å². The second-order valence-electron chi connectivity index (χ2n) is 6.42. The van der Waals surface area contributed by atoms with E-state index < -0.39 is 0 Å². The van der Waals surface area contributed by atoms with Crippen LogP contribution >= 0.6 is 0 Å². The summed E-state index contributed by atoms with van der Waals surface area (Å²) in [5.41, 5.74) is 0. The molecule has 1 heterocycles. The molecule has 1 aliphatic carbocycles. The molecule has 0 bridgehead atoms. The molecule has 1 amide bonds. The van der Waals surface area contributed by atoms with Gasteiger partial charge in [-0.1, -0.05) is 0 Å². The van der Waals surface area contributed by atoms with E-state index in [-0.39, 0.29) is 18.4 Å². The molecule has 1 aliphatic heterocycles. The largest absolute Gasteiger partial charge is 0.396 e. The molecule has 19 heavy (non-hydrogen) atoms. The average Bonchev–Trinajstić information content (AvgIpc) is 2.45. The van der Waals surface area contributed by atoms with Crippen LogP contribution in [0.5, 0.6) is 0 Å². The number of hydrogen-bond donors (Lipinski definition) is 2. The van der Waals surface area contributed by atoms with Crippen LogP contribution in [-0.2, 0) is 4.79 Å². The zero-order valence-electron chi connectivity index (χ0n) is 12.1. The minimum absolute atomic E-state index is 0.184. The first-order chi connectivity index (χ1) is 9.19. The van der Waals surface area contributed by atoms with Gasteiger partial charge in [0.15, 0.2) is 0 Å². The molecule has 4 heteroatoms. The lowest BCUT2D eigenvalue weighted by molar-refractivity contribution is -0.126. The van der Waals surface area contributed by atoms with E-state index in [1.54, 1.807) is 0 Å². The highest BCUT2D eigenvalue weighted by Crippen LogP contribution is 2.28. The third-order valence-electron chi connectivity index (χ3n) is 4.76. The Labute approximate surface area is 116 Å². The number of carbonyl (C=O) groups is 1. The van der Waals surface area contributed by atoms with Crippen LogP contribution in [0.15, 0.2) is 0 Å². The van der Waals surface area contributed by atoms with Gasteiger partial charge in [-0.2, -0.15) is 0 Å². The molecule has 2 aliphatic rings. The van der Waals surface area contributed by atoms with Gasteiger partial charge in [0.25, 0.3) is 0 Å². The molecular formula is C15H28N2O2. The third kappa shape index (κ3) is 4.46. The first-order valence-corrected chi connectivity index (χ1v) is 7.76. The van der Waals surface area contributed by atoms with Crippen molar-refractivity contribution in [3.05, 3.63) is 0 Å². The number of rotatable bonds is 4. The Bertz CT molecular complexity index is 288. The van der Waals surface area contributed by atoms with Crippen LogP contribution in [0.25, 0.3) is 0 Å². The zero-order chi connectivity index (χ0) is 13.7. The molecule has 110 valence electrons. The van der Waals surface area contributed by atoms with Crippen molar-refractivity contribution in [1.82, 2.24) is 10.2 Å². The van der Waals surface area contributed by atoms with E-state index in [9.17, 15) is 4.79 Å². The Balaban J connectivity index is 1.67. The molecule has 1 unspecified atom stereocenters. The molecular weight excluding hydrogens is 240 g/mol. The summed E-state index contributed by atoms with van der Waals surface area (Å²) in [7, 11) is 2.16. The summed E-state index contributed by atoms with van der Waals surface area (Å²) in [6.07, 6.45) is 6.38. The van der Waals surface area contributed by atoms with E-state index in [4.69, 9.17) is 5.11 Å². The van der Waals surface area contributed by atoms with Crippen molar-refractivity contribution in [2.45, 2.75) is 38.5 Å². The maximum absolute atomic E-state index is 12.1. The maximum Gasteiger partial charge on any atom is 0.223 e. The molecule has 1 atom stereocenters. The summed E-state index contributed by atoms with van der Waals surface area (Å²) in [5, 5.41) is 12.3. The first kappa shape index (κ1) is 14.8. The normalized spacial score (nSPS) is 33.1. The van der Waals surface area contributed by atoms with Gasteiger partial charge in [-0.3, -0.25) is 4.79 Å². The Morgan fingerprint density at radius 3 is 2.58 bits per heavy atom. The summed E-state index contributed by atoms with van der Waals surface area (Å²) < 4.78 is 0. The monoisotopic (exact) mass is 268 g/mol. The first-order valence-electron chi connectivity index (χ1n) is 7.76. The molecule has 2 fully saturated rings. The van der Waals surface area contributed by atoms with Crippen LogP contribution in [0.1, 0.15) is 38.5 Å². The number of nitrogens with one attached hydrogen (secondary N) is 1. The second-order valence-corrected chi connectivity index (χ2v) is 6.42. The molecule has 0 aromatic rings. The van der Waals surface area contributed by atoms with E-state index in [2.05, 4.69) is 17.3 Å². The molecule has 2 rings (SSSR count). The predicted octanol–water partition coefficient (Wildman–Crippen LogP) is 1.24. The molecule has 1 saturated heterocycles. The smallest absolute Gasteiger partial charge is 0.223 e. The Kier molecular flexibility index (Phi) is 5.64. The van der Waals surface area contributed by atoms with Gasteiger partial charge >= 0.3 is 0 Å². The van der Waals surface area contributed by atoms with Crippen LogP contribution in [0.3, 0.4) is 0 Å². The molecule has 1 saturated carbocycles. The lowest BCUT2D eigenvalue weighted by Crippen LogP contribution is -2.41. The number of aliphatic hydroxyl groups excluding tert-OH is 1. The van der Waals surface area contributed by atoms with Crippen LogP contribution < -0.4 is 5.32 Å². The highest BCUT2D eigenvalue weighted by Gasteiger charge is 2.26. The summed E-state index contributed by atoms with van der Waals surface area (Å²) in [6.45, 7) is 3.42. The van der Waals surface area contributed by atoms with E-state index >= 15 is 0 Å². The van der Waals surface area contributed by atoms with Crippen molar-refractivity contribution < 1.29 is 9.90 Å². The van der Waals surface area contributed by atoms with Gasteiger partial charge in [-0.15, -0.1) is 0 Å². The third-order valence-corrected chi connectivity index (χ3v) is 4.76. The minimum Gasteiger partial charge on any atom is -0.396 e. The zero-order valence-corrected chi connectivity index (χ0v) is 12.1. The number of hydrogen-bond acceptors (Lipinski definition) is 3. The van der Waals surface area contributed by atoms with Gasteiger partial charge in [-0.05, 0) is 64.0 Å². The molecule has 0 aromatic carbocycles. The minimum atomic E-state index is 0.184. The van der Waals surface area contributed by atoms with E-state index in [1.165, 1.54) is 19.4 Å². The Morgan fingerprint density at radius 1 is 1.21 bits per heavy atom. The topological polar surface area (TPSA) is 52.6 Å². The summed E-state index contributed by atoms with van der Waals surface area (Å²) in [5.74, 6) is 1.47. The van der Waals surface area contributed by atoms with Crippen molar-refractivity contribution >= 4 is 5.91 Å². The average molecular weight is 268 g/mol. The van der Waals surface area contributed by atoms with Crippen molar-refractivity contribution in [2.24, 2.45) is 17.8 Å². The summed E-state index contributed by atoms with van der Waals surface area (Å²) in [4.78, 5) is 14.5. The number of nitrogens with zero attached hydrogens (tertiary/aromatic N) is 1. The maximum atomic E-state index is 12.1. The van der Waals surface area contributed by atoms with Crippen molar-refractivity contribution in [3.8, 4) is 0 Å². The van der Waals surface area contributed by atoms with Crippen LogP contribution in [0.4, 0.5) is 0 Å². The number of aliphatic hydroxyl groups is 1. The molecule has 0 aromatic heterocycles. The quantitative estimate of drug-likeness (QED) is 0.806. The summed E-state index contributed by atoms with van der Waals surface area (Å²) >= 11 is 0. The number of amides is 1. The summed E-state index contributed by atoms with van der Waals surface area (Å²) in [6, 6.07) is 0. The van der Waals surface area contributed by atoms with Gasteiger partial charge < -0.3 is 15.3 Å².